The van der Waals surface area contributed by atoms with Gasteiger partial charge in [0.25, 0.3) is 0 Å². The summed E-state index contributed by atoms with van der Waals surface area (Å²) in [4.78, 5) is 11.4. The fraction of sp³-hybridized carbons (Fsp3) is 0.562. The van der Waals surface area contributed by atoms with Gasteiger partial charge in [0.15, 0.2) is 0 Å². The van der Waals surface area contributed by atoms with Gasteiger partial charge in [-0.05, 0) is 12.0 Å². The van der Waals surface area contributed by atoms with Crippen LogP contribution in [-0.2, 0) is 30.7 Å². The Labute approximate surface area is 137 Å². The van der Waals surface area contributed by atoms with Crippen molar-refractivity contribution in [3.05, 3.63) is 35.9 Å². The predicted molar refractivity (Wildman–Crippen MR) is 86.4 cm³/mol. The van der Waals surface area contributed by atoms with Gasteiger partial charge in [-0.3, -0.25) is 4.79 Å². The molecule has 2 atom stereocenters. The van der Waals surface area contributed by atoms with Gasteiger partial charge < -0.3 is 9.47 Å². The van der Waals surface area contributed by atoms with Gasteiger partial charge in [-0.25, -0.2) is 8.42 Å². The van der Waals surface area contributed by atoms with E-state index in [0.29, 0.717) is 26.1 Å². The zero-order chi connectivity index (χ0) is 16.9. The van der Waals surface area contributed by atoms with Crippen LogP contribution in [0.5, 0.6) is 0 Å². The number of methoxy groups -OCH3 is 1. The van der Waals surface area contributed by atoms with E-state index in [0.717, 1.165) is 5.56 Å². The number of hydrogen-bond acceptors (Lipinski definition) is 5. The molecule has 1 aromatic carbocycles. The van der Waals surface area contributed by atoms with E-state index in [9.17, 15) is 13.2 Å². The van der Waals surface area contributed by atoms with Crippen LogP contribution < -0.4 is 0 Å². The number of carbonyl (C=O) groups is 1. The molecule has 0 saturated carbocycles. The zero-order valence-electron chi connectivity index (χ0n) is 13.5. The standard InChI is InChI=1S/C16H23NO5S/c1-13(16(18)21-2)12-23(19,20)17-8-9-22-15(11-17)10-14-6-4-3-5-7-14/h3-7,13,15H,8-12H2,1-2H3/t13-,15-/m1/s1. The van der Waals surface area contributed by atoms with E-state index in [1.807, 2.05) is 30.3 Å². The highest BCUT2D eigenvalue weighted by molar-refractivity contribution is 7.89. The first-order valence-corrected chi connectivity index (χ1v) is 9.24. The summed E-state index contributed by atoms with van der Waals surface area (Å²) in [5.74, 6) is -1.43. The summed E-state index contributed by atoms with van der Waals surface area (Å²) in [7, 11) is -2.25. The molecule has 1 fully saturated rings. The van der Waals surface area contributed by atoms with Crippen LogP contribution in [-0.4, -0.2) is 57.4 Å². The topological polar surface area (TPSA) is 72.9 Å². The summed E-state index contributed by atoms with van der Waals surface area (Å²) < 4.78 is 36.7. The van der Waals surface area contributed by atoms with Gasteiger partial charge in [-0.15, -0.1) is 0 Å². The molecule has 1 aliphatic heterocycles. The molecule has 0 N–H and O–H groups in total. The molecule has 0 unspecified atom stereocenters. The van der Waals surface area contributed by atoms with Crippen molar-refractivity contribution in [1.29, 1.82) is 0 Å². The molecule has 23 heavy (non-hydrogen) atoms. The van der Waals surface area contributed by atoms with Crippen molar-refractivity contribution in [3.63, 3.8) is 0 Å². The van der Waals surface area contributed by atoms with Crippen molar-refractivity contribution in [2.24, 2.45) is 5.92 Å². The lowest BCUT2D eigenvalue weighted by atomic mass is 10.1. The minimum atomic E-state index is -3.51. The minimum Gasteiger partial charge on any atom is -0.469 e. The second-order valence-electron chi connectivity index (χ2n) is 5.74. The number of esters is 1. The van der Waals surface area contributed by atoms with E-state index in [4.69, 9.17) is 4.74 Å². The van der Waals surface area contributed by atoms with Gasteiger partial charge in [0, 0.05) is 13.1 Å². The van der Waals surface area contributed by atoms with E-state index in [1.165, 1.54) is 11.4 Å². The Morgan fingerprint density at radius 3 is 2.74 bits per heavy atom. The Morgan fingerprint density at radius 1 is 1.39 bits per heavy atom. The molecule has 0 aromatic heterocycles. The maximum absolute atomic E-state index is 12.5. The quantitative estimate of drug-likeness (QED) is 0.724. The third-order valence-corrected chi connectivity index (χ3v) is 5.90. The van der Waals surface area contributed by atoms with Gasteiger partial charge in [0.05, 0.1) is 31.5 Å². The van der Waals surface area contributed by atoms with Crippen LogP contribution in [0.4, 0.5) is 0 Å². The smallest absolute Gasteiger partial charge is 0.309 e. The number of hydrogen-bond donors (Lipinski definition) is 0. The molecular formula is C16H23NO5S. The molecule has 128 valence electrons. The van der Waals surface area contributed by atoms with Crippen LogP contribution >= 0.6 is 0 Å². The molecule has 7 heteroatoms. The van der Waals surface area contributed by atoms with E-state index >= 15 is 0 Å². The number of ether oxygens (including phenoxy) is 2. The Kier molecular flexibility index (Phi) is 6.15. The molecule has 0 spiro atoms. The van der Waals surface area contributed by atoms with Crippen molar-refractivity contribution in [3.8, 4) is 0 Å². The van der Waals surface area contributed by atoms with Gasteiger partial charge in [0.1, 0.15) is 0 Å². The number of carbonyl (C=O) groups excluding carboxylic acids is 1. The van der Waals surface area contributed by atoms with Crippen molar-refractivity contribution in [2.75, 3.05) is 32.6 Å². The fourth-order valence-electron chi connectivity index (χ4n) is 2.64. The fourth-order valence-corrected chi connectivity index (χ4v) is 4.36. The summed E-state index contributed by atoms with van der Waals surface area (Å²) in [5, 5.41) is 0. The third kappa shape index (κ3) is 5.02. The van der Waals surface area contributed by atoms with Crippen molar-refractivity contribution in [1.82, 2.24) is 4.31 Å². The monoisotopic (exact) mass is 341 g/mol. The summed E-state index contributed by atoms with van der Waals surface area (Å²) in [6, 6.07) is 9.83. The Hall–Kier alpha value is -1.44. The molecule has 6 nitrogen and oxygen atoms in total. The molecule has 1 aromatic rings. The summed E-state index contributed by atoms with van der Waals surface area (Å²) in [6.07, 6.45) is 0.494. The first kappa shape index (κ1) is 17.9. The molecule has 1 heterocycles. The highest BCUT2D eigenvalue weighted by Crippen LogP contribution is 2.16. The first-order chi connectivity index (χ1) is 10.9. The van der Waals surface area contributed by atoms with Gasteiger partial charge in [-0.1, -0.05) is 37.3 Å². The van der Waals surface area contributed by atoms with Crippen molar-refractivity contribution in [2.45, 2.75) is 19.4 Å². The lowest BCUT2D eigenvalue weighted by Crippen LogP contribution is -2.48. The third-order valence-electron chi connectivity index (χ3n) is 3.87. The van der Waals surface area contributed by atoms with Gasteiger partial charge >= 0.3 is 5.97 Å². The van der Waals surface area contributed by atoms with Crippen LogP contribution in [0.25, 0.3) is 0 Å². The first-order valence-electron chi connectivity index (χ1n) is 7.63. The van der Waals surface area contributed by atoms with E-state index < -0.39 is 21.9 Å². The number of rotatable bonds is 6. The lowest BCUT2D eigenvalue weighted by Gasteiger charge is -2.32. The van der Waals surface area contributed by atoms with Crippen LogP contribution in [0.1, 0.15) is 12.5 Å². The van der Waals surface area contributed by atoms with Crippen LogP contribution in [0, 0.1) is 5.92 Å². The lowest BCUT2D eigenvalue weighted by molar-refractivity contribution is -0.144. The molecular weight excluding hydrogens is 318 g/mol. The van der Waals surface area contributed by atoms with Crippen molar-refractivity contribution >= 4 is 16.0 Å². The highest BCUT2D eigenvalue weighted by Gasteiger charge is 2.32. The largest absolute Gasteiger partial charge is 0.469 e. The molecule has 0 aliphatic carbocycles. The maximum atomic E-state index is 12.5. The molecule has 1 saturated heterocycles. The molecule has 0 radical (unpaired) electrons. The van der Waals surface area contributed by atoms with E-state index in [2.05, 4.69) is 4.74 Å². The van der Waals surface area contributed by atoms with E-state index in [-0.39, 0.29) is 11.9 Å². The number of benzene rings is 1. The molecule has 0 amide bonds. The average Bonchev–Trinajstić information content (AvgIpc) is 2.55. The second kappa shape index (κ2) is 7.90. The van der Waals surface area contributed by atoms with Crippen molar-refractivity contribution < 1.29 is 22.7 Å². The van der Waals surface area contributed by atoms with E-state index in [1.54, 1.807) is 6.92 Å². The minimum absolute atomic E-state index is 0.172. The normalized spacial score (nSPS) is 20.9. The Balaban J connectivity index is 1.98. The highest BCUT2D eigenvalue weighted by atomic mass is 32.2. The summed E-state index contributed by atoms with van der Waals surface area (Å²) in [6.45, 7) is 2.56. The van der Waals surface area contributed by atoms with Gasteiger partial charge in [-0.2, -0.15) is 4.31 Å². The zero-order valence-corrected chi connectivity index (χ0v) is 14.3. The average molecular weight is 341 g/mol. The Morgan fingerprint density at radius 2 is 2.09 bits per heavy atom. The maximum Gasteiger partial charge on any atom is 0.309 e. The van der Waals surface area contributed by atoms with Crippen LogP contribution in [0.2, 0.25) is 0 Å². The molecule has 2 rings (SSSR count). The van der Waals surface area contributed by atoms with Gasteiger partial charge in [0.2, 0.25) is 10.0 Å². The number of nitrogens with zero attached hydrogens (tertiary/aromatic N) is 1. The summed E-state index contributed by atoms with van der Waals surface area (Å²) in [5.41, 5.74) is 1.11. The predicted octanol–water partition coefficient (Wildman–Crippen LogP) is 1.07. The van der Waals surface area contributed by atoms with Crippen LogP contribution in [0.15, 0.2) is 30.3 Å². The van der Waals surface area contributed by atoms with Crippen LogP contribution in [0.3, 0.4) is 0 Å². The second-order valence-corrected chi connectivity index (χ2v) is 7.76. The number of sulfonamides is 1. The molecule has 0 bridgehead atoms. The summed E-state index contributed by atoms with van der Waals surface area (Å²) >= 11 is 0. The molecule has 1 aliphatic rings. The number of morpholine rings is 1. The Bertz CT molecular complexity index is 617. The SMILES string of the molecule is COC(=O)[C@H](C)CS(=O)(=O)N1CCO[C@H](Cc2ccccc2)C1.